The van der Waals surface area contributed by atoms with E-state index in [9.17, 15) is 4.39 Å². The summed E-state index contributed by atoms with van der Waals surface area (Å²) in [7, 11) is 0. The van der Waals surface area contributed by atoms with Crippen LogP contribution in [0.4, 0.5) is 4.39 Å². The average Bonchev–Trinajstić information content (AvgIpc) is 2.52. The largest absolute Gasteiger partial charge is 0.299 e. The van der Waals surface area contributed by atoms with Gasteiger partial charge >= 0.3 is 0 Å². The predicted molar refractivity (Wildman–Crippen MR) is 81.1 cm³/mol. The lowest BCUT2D eigenvalue weighted by atomic mass is 9.68. The zero-order chi connectivity index (χ0) is 14.7. The molecule has 0 radical (unpaired) electrons. The molecule has 1 heterocycles. The third-order valence-corrected chi connectivity index (χ3v) is 5.41. The minimum atomic E-state index is -0.244. The van der Waals surface area contributed by atoms with Crippen LogP contribution in [0.25, 0.3) is 0 Å². The first-order valence-corrected chi connectivity index (χ1v) is 8.12. The van der Waals surface area contributed by atoms with Crippen molar-refractivity contribution in [1.29, 1.82) is 5.26 Å². The molecule has 1 spiro atoms. The molecule has 3 rings (SSSR count). The lowest BCUT2D eigenvalue weighted by Crippen LogP contribution is -2.40. The van der Waals surface area contributed by atoms with E-state index in [0.717, 1.165) is 13.1 Å². The number of hydrogen-bond acceptors (Lipinski definition) is 2. The Morgan fingerprint density at radius 2 is 1.81 bits per heavy atom. The van der Waals surface area contributed by atoms with Gasteiger partial charge in [0, 0.05) is 12.1 Å². The van der Waals surface area contributed by atoms with Crippen LogP contribution in [0.2, 0.25) is 0 Å². The first-order chi connectivity index (χ1) is 10.2. The van der Waals surface area contributed by atoms with E-state index in [0.29, 0.717) is 23.1 Å². The van der Waals surface area contributed by atoms with E-state index in [1.807, 2.05) is 6.07 Å². The third kappa shape index (κ3) is 3.27. The Morgan fingerprint density at radius 3 is 2.43 bits per heavy atom. The van der Waals surface area contributed by atoms with Gasteiger partial charge in [0.25, 0.3) is 0 Å². The lowest BCUT2D eigenvalue weighted by Gasteiger charge is -2.44. The van der Waals surface area contributed by atoms with Gasteiger partial charge in [0.1, 0.15) is 5.82 Å². The van der Waals surface area contributed by atoms with Crippen LogP contribution in [0.15, 0.2) is 18.2 Å². The molecule has 2 fully saturated rings. The van der Waals surface area contributed by atoms with Gasteiger partial charge in [-0.25, -0.2) is 4.39 Å². The lowest BCUT2D eigenvalue weighted by molar-refractivity contribution is 0.0636. The summed E-state index contributed by atoms with van der Waals surface area (Å²) in [5, 5.41) is 8.79. The van der Waals surface area contributed by atoms with Crippen molar-refractivity contribution in [1.82, 2.24) is 4.90 Å². The van der Waals surface area contributed by atoms with E-state index < -0.39 is 0 Å². The standard InChI is InChI=1S/C18H23FN2/c19-17-12-15(13-20)4-5-16(17)14-21-10-8-18(9-11-21)6-2-1-3-7-18/h4-5,12H,1-3,6-11,14H2. The Balaban J connectivity index is 1.59. The molecule has 1 aromatic rings. The van der Waals surface area contributed by atoms with Crippen LogP contribution in [0.3, 0.4) is 0 Å². The van der Waals surface area contributed by atoms with Crippen LogP contribution >= 0.6 is 0 Å². The van der Waals surface area contributed by atoms with Crippen LogP contribution < -0.4 is 0 Å². The second kappa shape index (κ2) is 6.15. The molecule has 2 nitrogen and oxygen atoms in total. The molecule has 1 aliphatic carbocycles. The van der Waals surface area contributed by atoms with Crippen LogP contribution in [0.1, 0.15) is 56.1 Å². The molecule has 21 heavy (non-hydrogen) atoms. The van der Waals surface area contributed by atoms with Crippen molar-refractivity contribution in [2.75, 3.05) is 13.1 Å². The van der Waals surface area contributed by atoms with E-state index in [2.05, 4.69) is 4.90 Å². The minimum absolute atomic E-state index is 0.244. The highest BCUT2D eigenvalue weighted by molar-refractivity contribution is 5.32. The van der Waals surface area contributed by atoms with E-state index in [4.69, 9.17) is 5.26 Å². The smallest absolute Gasteiger partial charge is 0.129 e. The van der Waals surface area contributed by atoms with Crippen molar-refractivity contribution in [3.05, 3.63) is 35.1 Å². The Kier molecular flexibility index (Phi) is 4.26. The third-order valence-electron chi connectivity index (χ3n) is 5.41. The number of hydrogen-bond donors (Lipinski definition) is 0. The summed E-state index contributed by atoms with van der Waals surface area (Å²) in [6.07, 6.45) is 9.52. The number of nitriles is 1. The quantitative estimate of drug-likeness (QED) is 0.813. The summed E-state index contributed by atoms with van der Waals surface area (Å²) >= 11 is 0. The van der Waals surface area contributed by atoms with Crippen molar-refractivity contribution in [2.45, 2.75) is 51.5 Å². The number of piperidine rings is 1. The molecule has 112 valence electrons. The first kappa shape index (κ1) is 14.5. The second-order valence-electron chi connectivity index (χ2n) is 6.75. The molecule has 2 aliphatic rings. The van der Waals surface area contributed by atoms with Crippen LogP contribution in [-0.2, 0) is 6.54 Å². The van der Waals surface area contributed by atoms with Gasteiger partial charge in [0.15, 0.2) is 0 Å². The maximum Gasteiger partial charge on any atom is 0.129 e. The van der Waals surface area contributed by atoms with Gasteiger partial charge < -0.3 is 0 Å². The second-order valence-corrected chi connectivity index (χ2v) is 6.75. The number of halogens is 1. The minimum Gasteiger partial charge on any atom is -0.299 e. The maximum atomic E-state index is 14.0. The van der Waals surface area contributed by atoms with Gasteiger partial charge in [0.2, 0.25) is 0 Å². The molecule has 0 unspecified atom stereocenters. The Bertz CT molecular complexity index is 531. The fourth-order valence-electron chi connectivity index (χ4n) is 3.97. The van der Waals surface area contributed by atoms with Gasteiger partial charge in [-0.2, -0.15) is 5.26 Å². The van der Waals surface area contributed by atoms with Crippen molar-refractivity contribution >= 4 is 0 Å². The molecule has 0 bridgehead atoms. The zero-order valence-corrected chi connectivity index (χ0v) is 12.6. The number of rotatable bonds is 2. The molecule has 0 atom stereocenters. The molecular formula is C18H23FN2. The summed E-state index contributed by atoms with van der Waals surface area (Å²) in [5.74, 6) is -0.244. The van der Waals surface area contributed by atoms with Crippen molar-refractivity contribution in [3.63, 3.8) is 0 Å². The van der Waals surface area contributed by atoms with Crippen LogP contribution in [0, 0.1) is 22.6 Å². The summed E-state index contributed by atoms with van der Waals surface area (Å²) < 4.78 is 14.0. The van der Waals surface area contributed by atoms with Gasteiger partial charge in [-0.05, 0) is 56.3 Å². The van der Waals surface area contributed by atoms with E-state index in [1.54, 1.807) is 12.1 Å². The molecule has 1 saturated heterocycles. The topological polar surface area (TPSA) is 27.0 Å². The summed E-state index contributed by atoms with van der Waals surface area (Å²) in [6.45, 7) is 2.84. The monoisotopic (exact) mass is 286 g/mol. The van der Waals surface area contributed by atoms with Gasteiger partial charge in [0.05, 0.1) is 11.6 Å². The van der Waals surface area contributed by atoms with Gasteiger partial charge in [-0.3, -0.25) is 4.90 Å². The van der Waals surface area contributed by atoms with Crippen LogP contribution in [0.5, 0.6) is 0 Å². The molecule has 0 amide bonds. The van der Waals surface area contributed by atoms with Gasteiger partial charge in [-0.1, -0.05) is 25.3 Å². The summed E-state index contributed by atoms with van der Waals surface area (Å²) in [4.78, 5) is 2.37. The van der Waals surface area contributed by atoms with Gasteiger partial charge in [-0.15, -0.1) is 0 Å². The number of nitrogens with zero attached hydrogens (tertiary/aromatic N) is 2. The Labute approximate surface area is 126 Å². The van der Waals surface area contributed by atoms with Crippen molar-refractivity contribution < 1.29 is 4.39 Å². The Hall–Kier alpha value is -1.40. The van der Waals surface area contributed by atoms with E-state index in [1.165, 1.54) is 51.0 Å². The molecule has 0 aromatic heterocycles. The highest BCUT2D eigenvalue weighted by Gasteiger charge is 2.35. The maximum absolute atomic E-state index is 14.0. The van der Waals surface area contributed by atoms with E-state index in [-0.39, 0.29) is 5.82 Å². The number of likely N-dealkylation sites (tertiary alicyclic amines) is 1. The Morgan fingerprint density at radius 1 is 1.10 bits per heavy atom. The molecule has 1 aromatic carbocycles. The molecule has 3 heteroatoms. The van der Waals surface area contributed by atoms with E-state index >= 15 is 0 Å². The molecule has 0 N–H and O–H groups in total. The van der Waals surface area contributed by atoms with Crippen molar-refractivity contribution in [3.8, 4) is 6.07 Å². The molecule has 1 saturated carbocycles. The van der Waals surface area contributed by atoms with Crippen molar-refractivity contribution in [2.24, 2.45) is 5.41 Å². The highest BCUT2D eigenvalue weighted by Crippen LogP contribution is 2.44. The zero-order valence-electron chi connectivity index (χ0n) is 12.6. The fourth-order valence-corrected chi connectivity index (χ4v) is 3.97. The summed E-state index contributed by atoms with van der Waals surface area (Å²) in [5.41, 5.74) is 1.71. The average molecular weight is 286 g/mol. The predicted octanol–water partition coefficient (Wildman–Crippen LogP) is 4.24. The number of benzene rings is 1. The first-order valence-electron chi connectivity index (χ1n) is 8.12. The highest BCUT2D eigenvalue weighted by atomic mass is 19.1. The molecular weight excluding hydrogens is 263 g/mol. The van der Waals surface area contributed by atoms with Crippen LogP contribution in [-0.4, -0.2) is 18.0 Å². The normalized spacial score (nSPS) is 22.1. The fraction of sp³-hybridized carbons (Fsp3) is 0.611. The SMILES string of the molecule is N#Cc1ccc(CN2CCC3(CCCCC3)CC2)c(F)c1. The summed E-state index contributed by atoms with van der Waals surface area (Å²) in [6, 6.07) is 6.81. The molecule has 1 aliphatic heterocycles.